The molecule has 9 heteroatoms. The van der Waals surface area contributed by atoms with Gasteiger partial charge in [-0.25, -0.2) is 4.79 Å². The third-order valence-corrected chi connectivity index (χ3v) is 3.12. The first-order valence-electron chi connectivity index (χ1n) is 5.81. The number of carboxylic acids is 1. The average molecular weight is 356 g/mol. The summed E-state index contributed by atoms with van der Waals surface area (Å²) in [5, 5.41) is 23.2. The number of hydrogen-bond donors (Lipinski definition) is 1. The Labute approximate surface area is 127 Å². The van der Waals surface area contributed by atoms with Gasteiger partial charge in [-0.15, -0.1) is 0 Å². The molecule has 0 bridgehead atoms. The Morgan fingerprint density at radius 1 is 1.43 bits per heavy atom. The lowest BCUT2D eigenvalue weighted by Crippen LogP contribution is -2.09. The summed E-state index contributed by atoms with van der Waals surface area (Å²) < 4.78 is 7.12. The number of aromatic nitrogens is 2. The van der Waals surface area contributed by atoms with Crippen molar-refractivity contribution in [2.75, 3.05) is 6.61 Å². The Morgan fingerprint density at radius 3 is 2.62 bits per heavy atom. The highest BCUT2D eigenvalue weighted by Crippen LogP contribution is 2.21. The summed E-state index contributed by atoms with van der Waals surface area (Å²) in [4.78, 5) is 20.7. The molecule has 1 heterocycles. The van der Waals surface area contributed by atoms with Gasteiger partial charge in [-0.05, 0) is 45.1 Å². The molecule has 8 nitrogen and oxygen atoms in total. The molecule has 0 amide bonds. The third kappa shape index (κ3) is 3.78. The zero-order chi connectivity index (χ0) is 15.4. The van der Waals surface area contributed by atoms with Crippen molar-refractivity contribution >= 4 is 27.7 Å². The molecule has 0 aliphatic heterocycles. The predicted molar refractivity (Wildman–Crippen MR) is 75.5 cm³/mol. The number of aromatic carboxylic acids is 1. The molecule has 0 fully saturated rings. The highest BCUT2D eigenvalue weighted by atomic mass is 79.9. The number of hydrogen-bond acceptors (Lipinski definition) is 5. The Bertz CT molecular complexity index is 668. The fraction of sp³-hybridized carbons (Fsp3) is 0.167. The predicted octanol–water partition coefficient (Wildman–Crippen LogP) is 2.33. The number of carbonyl (C=O) groups is 1. The van der Waals surface area contributed by atoms with Crippen LogP contribution >= 0.6 is 15.9 Å². The summed E-state index contributed by atoms with van der Waals surface area (Å²) in [6.45, 7) is 0.574. The first-order valence-corrected chi connectivity index (χ1v) is 6.60. The molecule has 1 N–H and O–H groups in total. The van der Waals surface area contributed by atoms with Gasteiger partial charge < -0.3 is 20.0 Å². The van der Waals surface area contributed by atoms with Gasteiger partial charge >= 0.3 is 11.8 Å². The molecule has 1 aromatic carbocycles. The molecule has 21 heavy (non-hydrogen) atoms. The van der Waals surface area contributed by atoms with Crippen LogP contribution in [0.5, 0.6) is 5.75 Å². The smallest absolute Gasteiger partial charge is 0.404 e. The number of benzene rings is 1. The number of rotatable bonds is 6. The second-order valence-corrected chi connectivity index (χ2v) is 4.85. The van der Waals surface area contributed by atoms with E-state index in [4.69, 9.17) is 9.84 Å². The van der Waals surface area contributed by atoms with Crippen LogP contribution < -0.4 is 4.74 Å². The molecule has 0 radical (unpaired) electrons. The maximum absolute atomic E-state index is 10.7. The van der Waals surface area contributed by atoms with Gasteiger partial charge in [0.15, 0.2) is 0 Å². The topological polar surface area (TPSA) is 107 Å². The van der Waals surface area contributed by atoms with Crippen LogP contribution in [0.25, 0.3) is 0 Å². The Kier molecular flexibility index (Phi) is 4.53. The van der Waals surface area contributed by atoms with Crippen molar-refractivity contribution in [3.63, 3.8) is 0 Å². The first kappa shape index (κ1) is 15.0. The molecular weight excluding hydrogens is 346 g/mol. The molecule has 0 saturated carbocycles. The molecule has 0 aliphatic rings. The number of halogens is 1. The van der Waals surface area contributed by atoms with E-state index in [2.05, 4.69) is 21.0 Å². The fourth-order valence-corrected chi connectivity index (χ4v) is 2.04. The lowest BCUT2D eigenvalue weighted by molar-refractivity contribution is -0.390. The summed E-state index contributed by atoms with van der Waals surface area (Å²) in [6, 6.07) is 5.97. The van der Waals surface area contributed by atoms with Crippen LogP contribution in [0, 0.1) is 10.1 Å². The van der Waals surface area contributed by atoms with Crippen molar-refractivity contribution in [3.8, 4) is 5.75 Å². The number of nitro groups is 1. The molecule has 110 valence electrons. The molecule has 1 aromatic heterocycles. The van der Waals surface area contributed by atoms with E-state index in [1.165, 1.54) is 23.0 Å². The molecule has 0 aliphatic carbocycles. The molecule has 2 rings (SSSR count). The van der Waals surface area contributed by atoms with Crippen LogP contribution in [0.4, 0.5) is 5.82 Å². The van der Waals surface area contributed by atoms with Crippen molar-refractivity contribution in [1.29, 1.82) is 0 Å². The van der Waals surface area contributed by atoms with E-state index in [-0.39, 0.29) is 18.0 Å². The van der Waals surface area contributed by atoms with Crippen molar-refractivity contribution in [1.82, 2.24) is 9.78 Å². The molecule has 0 spiro atoms. The first-order chi connectivity index (χ1) is 9.97. The lowest BCUT2D eigenvalue weighted by Gasteiger charge is -2.05. The maximum atomic E-state index is 10.7. The van der Waals surface area contributed by atoms with Gasteiger partial charge in [0, 0.05) is 0 Å². The normalized spacial score (nSPS) is 10.3. The third-order valence-electron chi connectivity index (χ3n) is 2.56. The van der Waals surface area contributed by atoms with E-state index in [0.29, 0.717) is 16.8 Å². The van der Waals surface area contributed by atoms with Gasteiger partial charge in [0.25, 0.3) is 0 Å². The van der Waals surface area contributed by atoms with Crippen LogP contribution in [0.2, 0.25) is 0 Å². The molecule has 0 saturated heterocycles. The SMILES string of the molecule is O=C(O)c1ccc(OCCn2cc(Br)c([N+](=O)[O-])n2)cc1. The van der Waals surface area contributed by atoms with Gasteiger partial charge in [-0.3, -0.25) is 0 Å². The Morgan fingerprint density at radius 2 is 2.10 bits per heavy atom. The van der Waals surface area contributed by atoms with E-state index in [1.54, 1.807) is 12.1 Å². The number of ether oxygens (including phenoxy) is 1. The van der Waals surface area contributed by atoms with Crippen molar-refractivity contribution in [2.45, 2.75) is 6.54 Å². The molecular formula is C12H10BrN3O5. The van der Waals surface area contributed by atoms with Crippen LogP contribution in [-0.4, -0.2) is 32.4 Å². The molecule has 0 atom stereocenters. The van der Waals surface area contributed by atoms with E-state index < -0.39 is 10.9 Å². The summed E-state index contributed by atoms with van der Waals surface area (Å²) >= 11 is 3.05. The van der Waals surface area contributed by atoms with E-state index in [9.17, 15) is 14.9 Å². The maximum Gasteiger partial charge on any atom is 0.404 e. The molecule has 2 aromatic rings. The van der Waals surface area contributed by atoms with Gasteiger partial charge in [0.1, 0.15) is 16.8 Å². The Hall–Kier alpha value is -2.42. The Balaban J connectivity index is 1.90. The second kappa shape index (κ2) is 6.35. The van der Waals surface area contributed by atoms with Gasteiger partial charge in [-0.2, -0.15) is 4.68 Å². The summed E-state index contributed by atoms with van der Waals surface area (Å²) in [5.41, 5.74) is 0.175. The summed E-state index contributed by atoms with van der Waals surface area (Å²) in [5.74, 6) is -0.739. The van der Waals surface area contributed by atoms with Gasteiger partial charge in [-0.1, -0.05) is 0 Å². The average Bonchev–Trinajstić information content (AvgIpc) is 2.80. The van der Waals surface area contributed by atoms with Crippen LogP contribution in [0.3, 0.4) is 0 Å². The van der Waals surface area contributed by atoms with Crippen LogP contribution in [-0.2, 0) is 6.54 Å². The zero-order valence-corrected chi connectivity index (χ0v) is 12.2. The monoisotopic (exact) mass is 355 g/mol. The minimum atomic E-state index is -1.00. The lowest BCUT2D eigenvalue weighted by atomic mass is 10.2. The highest BCUT2D eigenvalue weighted by molar-refractivity contribution is 9.10. The van der Waals surface area contributed by atoms with E-state index >= 15 is 0 Å². The standard InChI is InChI=1S/C12H10BrN3O5/c13-10-7-15(14-11(10)16(19)20)5-6-21-9-3-1-8(2-4-9)12(17)18/h1-4,7H,5-6H2,(H,17,18). The minimum absolute atomic E-state index is 0.175. The van der Waals surface area contributed by atoms with E-state index in [1.807, 2.05) is 0 Å². The van der Waals surface area contributed by atoms with Gasteiger partial charge in [0.05, 0.1) is 23.4 Å². The second-order valence-electron chi connectivity index (χ2n) is 4.00. The van der Waals surface area contributed by atoms with Crippen molar-refractivity contribution in [2.24, 2.45) is 0 Å². The number of carboxylic acid groups (broad SMARTS) is 1. The fourth-order valence-electron chi connectivity index (χ4n) is 1.58. The van der Waals surface area contributed by atoms with E-state index in [0.717, 1.165) is 0 Å². The van der Waals surface area contributed by atoms with Gasteiger partial charge in [0.2, 0.25) is 0 Å². The zero-order valence-electron chi connectivity index (χ0n) is 10.6. The van der Waals surface area contributed by atoms with Crippen molar-refractivity contribution < 1.29 is 19.6 Å². The molecule has 0 unspecified atom stereocenters. The highest BCUT2D eigenvalue weighted by Gasteiger charge is 2.18. The largest absolute Gasteiger partial charge is 0.492 e. The summed E-state index contributed by atoms with van der Waals surface area (Å²) in [6.07, 6.45) is 1.50. The van der Waals surface area contributed by atoms with Crippen molar-refractivity contribution in [3.05, 3.63) is 50.6 Å². The quantitative estimate of drug-likeness (QED) is 0.629. The van der Waals surface area contributed by atoms with Crippen LogP contribution in [0.1, 0.15) is 10.4 Å². The van der Waals surface area contributed by atoms with Crippen LogP contribution in [0.15, 0.2) is 34.9 Å². The number of nitrogens with zero attached hydrogens (tertiary/aromatic N) is 3. The summed E-state index contributed by atoms with van der Waals surface area (Å²) in [7, 11) is 0. The minimum Gasteiger partial charge on any atom is -0.492 e.